The van der Waals surface area contributed by atoms with Crippen LogP contribution in [0.5, 0.6) is 0 Å². The molecule has 1 fully saturated rings. The van der Waals surface area contributed by atoms with E-state index in [0.29, 0.717) is 10.0 Å². The van der Waals surface area contributed by atoms with Gasteiger partial charge in [0.05, 0.1) is 16.5 Å². The smallest absolute Gasteiger partial charge is 0.288 e. The minimum absolute atomic E-state index is 0.176. The van der Waals surface area contributed by atoms with E-state index in [9.17, 15) is 14.4 Å². The number of imide groups is 1. The quantitative estimate of drug-likeness (QED) is 0.770. The van der Waals surface area contributed by atoms with E-state index < -0.39 is 0 Å². The maximum atomic E-state index is 11.7. The number of hydrogen-bond acceptors (Lipinski definition) is 5. The van der Waals surface area contributed by atoms with Crippen molar-refractivity contribution in [1.82, 2.24) is 10.2 Å². The third-order valence-electron chi connectivity index (χ3n) is 2.75. The van der Waals surface area contributed by atoms with E-state index in [0.717, 1.165) is 21.6 Å². The van der Waals surface area contributed by atoms with Crippen LogP contribution < -0.4 is 5.32 Å². The largest absolute Gasteiger partial charge is 0.354 e. The maximum absolute atomic E-state index is 11.7. The fourth-order valence-electron chi connectivity index (χ4n) is 1.69. The predicted molar refractivity (Wildman–Crippen MR) is 89.8 cm³/mol. The van der Waals surface area contributed by atoms with Crippen LogP contribution in [0.15, 0.2) is 23.1 Å². The van der Waals surface area contributed by atoms with E-state index in [4.69, 9.17) is 23.2 Å². The number of halogens is 2. The Morgan fingerprint density at radius 3 is 2.82 bits per heavy atom. The molecule has 0 spiro atoms. The number of rotatable bonds is 6. The van der Waals surface area contributed by atoms with Gasteiger partial charge in [0.2, 0.25) is 11.8 Å². The number of carbonyl (C=O) groups excluding carboxylic acids is 3. The molecule has 1 aliphatic rings. The highest BCUT2D eigenvalue weighted by atomic mass is 35.5. The van der Waals surface area contributed by atoms with Crippen LogP contribution in [-0.4, -0.2) is 46.5 Å². The normalized spacial score (nSPS) is 14.5. The molecule has 0 aromatic heterocycles. The van der Waals surface area contributed by atoms with Crippen molar-refractivity contribution in [3.05, 3.63) is 28.2 Å². The van der Waals surface area contributed by atoms with Gasteiger partial charge in [0.15, 0.2) is 0 Å². The molecule has 1 N–H and O–H groups in total. The third kappa shape index (κ3) is 4.81. The summed E-state index contributed by atoms with van der Waals surface area (Å²) in [6.07, 6.45) is 0. The van der Waals surface area contributed by atoms with Crippen molar-refractivity contribution in [2.75, 3.05) is 24.6 Å². The summed E-state index contributed by atoms with van der Waals surface area (Å²) in [5.41, 5.74) is 0. The summed E-state index contributed by atoms with van der Waals surface area (Å²) in [6, 6.07) is 5.04. The Kier molecular flexibility index (Phi) is 6.43. The van der Waals surface area contributed by atoms with Gasteiger partial charge in [0, 0.05) is 23.0 Å². The molecule has 0 radical (unpaired) electrons. The van der Waals surface area contributed by atoms with Crippen LogP contribution in [0.3, 0.4) is 0 Å². The summed E-state index contributed by atoms with van der Waals surface area (Å²) in [4.78, 5) is 36.4. The molecule has 5 nitrogen and oxygen atoms in total. The summed E-state index contributed by atoms with van der Waals surface area (Å²) in [5, 5.41) is 3.49. The van der Waals surface area contributed by atoms with Crippen LogP contribution >= 0.6 is 46.7 Å². The second-order valence-electron chi connectivity index (χ2n) is 4.31. The molecule has 118 valence electrons. The van der Waals surface area contributed by atoms with Gasteiger partial charge in [0.1, 0.15) is 0 Å². The van der Waals surface area contributed by atoms with Gasteiger partial charge in [-0.2, -0.15) is 0 Å². The van der Waals surface area contributed by atoms with Gasteiger partial charge < -0.3 is 5.32 Å². The van der Waals surface area contributed by atoms with Crippen LogP contribution in [0.4, 0.5) is 4.79 Å². The Labute approximate surface area is 146 Å². The number of thioether (sulfide) groups is 2. The number of amides is 3. The van der Waals surface area contributed by atoms with Crippen LogP contribution in [0, 0.1) is 0 Å². The van der Waals surface area contributed by atoms with E-state index in [1.165, 1.54) is 11.8 Å². The Balaban J connectivity index is 1.73. The number of nitrogens with one attached hydrogen (secondary N) is 1. The SMILES string of the molecule is O=C(CSc1cc(Cl)ccc1Cl)NCCN1C(=O)CSC1=O. The number of hydrogen-bond donors (Lipinski definition) is 1. The van der Waals surface area contributed by atoms with Crippen molar-refractivity contribution in [1.29, 1.82) is 0 Å². The molecule has 3 amide bonds. The second-order valence-corrected chi connectivity index (χ2v) is 7.10. The zero-order valence-electron chi connectivity index (χ0n) is 11.3. The van der Waals surface area contributed by atoms with E-state index in [2.05, 4.69) is 5.32 Å². The minimum atomic E-state index is -0.265. The monoisotopic (exact) mass is 378 g/mol. The highest BCUT2D eigenvalue weighted by molar-refractivity contribution is 8.14. The first-order valence-electron chi connectivity index (χ1n) is 6.29. The van der Waals surface area contributed by atoms with E-state index in [-0.39, 0.29) is 41.6 Å². The van der Waals surface area contributed by atoms with Gasteiger partial charge in [-0.05, 0) is 18.2 Å². The topological polar surface area (TPSA) is 66.5 Å². The molecule has 0 atom stereocenters. The van der Waals surface area contributed by atoms with Gasteiger partial charge in [-0.15, -0.1) is 11.8 Å². The van der Waals surface area contributed by atoms with Crippen LogP contribution in [0.2, 0.25) is 10.0 Å². The standard InChI is InChI=1S/C13H12Cl2N2O3S2/c14-8-1-2-9(15)10(5-8)21-6-11(18)16-3-4-17-12(19)7-22-13(17)20/h1-2,5H,3-4,6-7H2,(H,16,18). The average Bonchev–Trinajstić information content (AvgIpc) is 2.80. The van der Waals surface area contributed by atoms with Gasteiger partial charge in [-0.25, -0.2) is 0 Å². The molecule has 1 aromatic carbocycles. The van der Waals surface area contributed by atoms with Crippen molar-refractivity contribution < 1.29 is 14.4 Å². The van der Waals surface area contributed by atoms with Gasteiger partial charge in [-0.1, -0.05) is 35.0 Å². The molecule has 1 aliphatic heterocycles. The number of carbonyl (C=O) groups is 3. The summed E-state index contributed by atoms with van der Waals surface area (Å²) < 4.78 is 0. The molecule has 9 heteroatoms. The van der Waals surface area contributed by atoms with Gasteiger partial charge in [-0.3, -0.25) is 19.3 Å². The molecule has 22 heavy (non-hydrogen) atoms. The summed E-state index contributed by atoms with van der Waals surface area (Å²) >= 11 is 14.1. The molecule has 0 aliphatic carbocycles. The van der Waals surface area contributed by atoms with Crippen molar-refractivity contribution >= 4 is 63.8 Å². The van der Waals surface area contributed by atoms with Crippen molar-refractivity contribution in [2.24, 2.45) is 0 Å². The van der Waals surface area contributed by atoms with Crippen LogP contribution in [0.1, 0.15) is 0 Å². The number of benzene rings is 1. The lowest BCUT2D eigenvalue weighted by Gasteiger charge is -2.13. The van der Waals surface area contributed by atoms with Gasteiger partial charge in [0.25, 0.3) is 5.24 Å². The van der Waals surface area contributed by atoms with Gasteiger partial charge >= 0.3 is 0 Å². The fourth-order valence-corrected chi connectivity index (χ4v) is 3.76. The third-order valence-corrected chi connectivity index (χ3v) is 5.34. The molecule has 0 bridgehead atoms. The lowest BCUT2D eigenvalue weighted by molar-refractivity contribution is -0.125. The summed E-state index contributed by atoms with van der Waals surface area (Å²) in [5.74, 6) is -0.0656. The zero-order chi connectivity index (χ0) is 16.1. The summed E-state index contributed by atoms with van der Waals surface area (Å²) in [7, 11) is 0. The Bertz CT molecular complexity index is 597. The summed E-state index contributed by atoms with van der Waals surface area (Å²) in [6.45, 7) is 0.430. The van der Waals surface area contributed by atoms with Crippen LogP contribution in [-0.2, 0) is 9.59 Å². The first-order valence-corrected chi connectivity index (χ1v) is 9.02. The predicted octanol–water partition coefficient (Wildman–Crippen LogP) is 2.90. The van der Waals surface area contributed by atoms with E-state index in [1.54, 1.807) is 18.2 Å². The Morgan fingerprint density at radius 1 is 1.36 bits per heavy atom. The molecule has 1 saturated heterocycles. The van der Waals surface area contributed by atoms with Crippen LogP contribution in [0.25, 0.3) is 0 Å². The van der Waals surface area contributed by atoms with E-state index in [1.807, 2.05) is 0 Å². The highest BCUT2D eigenvalue weighted by Gasteiger charge is 2.29. The van der Waals surface area contributed by atoms with Crippen molar-refractivity contribution in [3.63, 3.8) is 0 Å². The minimum Gasteiger partial charge on any atom is -0.354 e. The number of nitrogens with zero attached hydrogens (tertiary/aromatic N) is 1. The lowest BCUT2D eigenvalue weighted by Crippen LogP contribution is -2.38. The Hall–Kier alpha value is -0.890. The first-order chi connectivity index (χ1) is 10.5. The molecule has 2 rings (SSSR count). The lowest BCUT2D eigenvalue weighted by atomic mass is 10.4. The maximum Gasteiger partial charge on any atom is 0.288 e. The molecular weight excluding hydrogens is 367 g/mol. The molecule has 1 aromatic rings. The van der Waals surface area contributed by atoms with Crippen molar-refractivity contribution in [3.8, 4) is 0 Å². The molecule has 0 saturated carbocycles. The van der Waals surface area contributed by atoms with E-state index >= 15 is 0 Å². The molecule has 0 unspecified atom stereocenters. The average molecular weight is 379 g/mol. The zero-order valence-corrected chi connectivity index (χ0v) is 14.4. The second kappa shape index (κ2) is 8.10. The fraction of sp³-hybridized carbons (Fsp3) is 0.308. The first kappa shape index (κ1) is 17.5. The Morgan fingerprint density at radius 2 is 2.14 bits per heavy atom. The van der Waals surface area contributed by atoms with Crippen molar-refractivity contribution in [2.45, 2.75) is 4.90 Å². The molecular formula is C13H12Cl2N2O3S2. The molecule has 1 heterocycles. The highest BCUT2D eigenvalue weighted by Crippen LogP contribution is 2.29.